The van der Waals surface area contributed by atoms with E-state index in [2.05, 4.69) is 10.2 Å². The first kappa shape index (κ1) is 16.7. The van der Waals surface area contributed by atoms with Gasteiger partial charge in [0.2, 0.25) is 0 Å². The van der Waals surface area contributed by atoms with Crippen molar-refractivity contribution in [3.05, 3.63) is 64.9 Å². The first-order valence-corrected chi connectivity index (χ1v) is 8.48. The zero-order chi connectivity index (χ0) is 17.1. The van der Waals surface area contributed by atoms with Gasteiger partial charge in [0.1, 0.15) is 5.82 Å². The number of hydrogen-bond acceptors (Lipinski definition) is 4. The van der Waals surface area contributed by atoms with Crippen molar-refractivity contribution in [1.82, 2.24) is 14.8 Å². The molecule has 0 aliphatic rings. The second kappa shape index (κ2) is 7.15. The topological polar surface area (TPSA) is 47.8 Å². The highest BCUT2D eigenvalue weighted by molar-refractivity contribution is 7.99. The standard InChI is InChI=1S/C17H13ClFN3OS/c1-22-16(12-3-2-4-13(18)9-12)20-21-17(22)24-10-15(23)11-5-7-14(19)8-6-11/h2-9H,10H2,1H3. The summed E-state index contributed by atoms with van der Waals surface area (Å²) in [5, 5.41) is 9.53. The van der Waals surface area contributed by atoms with Crippen molar-refractivity contribution in [2.24, 2.45) is 7.05 Å². The minimum atomic E-state index is -0.362. The first-order valence-electron chi connectivity index (χ1n) is 7.11. The Labute approximate surface area is 147 Å². The van der Waals surface area contributed by atoms with Crippen LogP contribution in [-0.2, 0) is 7.05 Å². The van der Waals surface area contributed by atoms with Gasteiger partial charge in [-0.3, -0.25) is 4.79 Å². The molecule has 0 atom stereocenters. The fraction of sp³-hybridized carbons (Fsp3) is 0.118. The van der Waals surface area contributed by atoms with E-state index in [4.69, 9.17) is 11.6 Å². The number of benzene rings is 2. The molecule has 0 radical (unpaired) electrons. The Bertz CT molecular complexity index is 880. The fourth-order valence-electron chi connectivity index (χ4n) is 2.17. The summed E-state index contributed by atoms with van der Waals surface area (Å²) in [6.07, 6.45) is 0. The van der Waals surface area contributed by atoms with Crippen molar-refractivity contribution in [2.75, 3.05) is 5.75 Å². The number of carbonyl (C=O) groups is 1. The summed E-state index contributed by atoms with van der Waals surface area (Å²) in [5.41, 5.74) is 1.33. The summed E-state index contributed by atoms with van der Waals surface area (Å²) in [7, 11) is 1.83. The van der Waals surface area contributed by atoms with Crippen LogP contribution in [0.3, 0.4) is 0 Å². The molecule has 0 amide bonds. The molecular weight excluding hydrogens is 349 g/mol. The summed E-state index contributed by atoms with van der Waals surface area (Å²) in [5.74, 6) is 0.424. The average molecular weight is 362 g/mol. The summed E-state index contributed by atoms with van der Waals surface area (Å²) in [4.78, 5) is 12.1. The summed E-state index contributed by atoms with van der Waals surface area (Å²) in [6, 6.07) is 12.8. The van der Waals surface area contributed by atoms with Gasteiger partial charge < -0.3 is 4.57 Å². The van der Waals surface area contributed by atoms with Crippen molar-refractivity contribution in [1.29, 1.82) is 0 Å². The molecule has 3 aromatic rings. The molecular formula is C17H13ClFN3OS. The van der Waals surface area contributed by atoms with Crippen molar-refractivity contribution in [3.63, 3.8) is 0 Å². The van der Waals surface area contributed by atoms with Crippen molar-refractivity contribution >= 4 is 29.1 Å². The van der Waals surface area contributed by atoms with Crippen LogP contribution in [0.5, 0.6) is 0 Å². The molecule has 122 valence electrons. The van der Waals surface area contributed by atoms with Crippen LogP contribution in [0.4, 0.5) is 4.39 Å². The number of rotatable bonds is 5. The van der Waals surface area contributed by atoms with E-state index in [0.717, 1.165) is 5.56 Å². The third-order valence-corrected chi connectivity index (χ3v) is 4.67. The SMILES string of the molecule is Cn1c(SCC(=O)c2ccc(F)cc2)nnc1-c1cccc(Cl)c1. The zero-order valence-corrected chi connectivity index (χ0v) is 14.3. The maximum Gasteiger partial charge on any atom is 0.191 e. The fourth-order valence-corrected chi connectivity index (χ4v) is 3.16. The van der Waals surface area contributed by atoms with Crippen LogP contribution < -0.4 is 0 Å². The van der Waals surface area contributed by atoms with Gasteiger partial charge in [0.15, 0.2) is 16.8 Å². The molecule has 0 aliphatic carbocycles. The predicted molar refractivity (Wildman–Crippen MR) is 92.9 cm³/mol. The molecule has 0 unspecified atom stereocenters. The number of aromatic nitrogens is 3. The molecule has 0 N–H and O–H groups in total. The van der Waals surface area contributed by atoms with Gasteiger partial charge in [-0.1, -0.05) is 35.5 Å². The Hall–Kier alpha value is -2.18. The Kier molecular flexibility index (Phi) is 4.97. The Balaban J connectivity index is 1.72. The van der Waals surface area contributed by atoms with Crippen LogP contribution in [-0.4, -0.2) is 26.3 Å². The molecule has 2 aromatic carbocycles. The van der Waals surface area contributed by atoms with Crippen LogP contribution >= 0.6 is 23.4 Å². The van der Waals surface area contributed by atoms with E-state index in [0.29, 0.717) is 21.6 Å². The molecule has 24 heavy (non-hydrogen) atoms. The van der Waals surface area contributed by atoms with Crippen LogP contribution in [0, 0.1) is 5.82 Å². The number of halogens is 2. The molecule has 4 nitrogen and oxygen atoms in total. The number of carbonyl (C=O) groups excluding carboxylic acids is 1. The second-order valence-corrected chi connectivity index (χ2v) is 6.47. The van der Waals surface area contributed by atoms with Gasteiger partial charge in [-0.25, -0.2) is 4.39 Å². The monoisotopic (exact) mass is 361 g/mol. The number of nitrogens with zero attached hydrogens (tertiary/aromatic N) is 3. The van der Waals surface area contributed by atoms with Gasteiger partial charge in [0.25, 0.3) is 0 Å². The van der Waals surface area contributed by atoms with E-state index in [1.165, 1.54) is 36.0 Å². The molecule has 0 spiro atoms. The maximum absolute atomic E-state index is 12.9. The second-order valence-electron chi connectivity index (χ2n) is 5.09. The molecule has 0 fully saturated rings. The number of thioether (sulfide) groups is 1. The lowest BCUT2D eigenvalue weighted by atomic mass is 10.1. The van der Waals surface area contributed by atoms with Gasteiger partial charge in [0.05, 0.1) is 5.75 Å². The largest absolute Gasteiger partial charge is 0.305 e. The maximum atomic E-state index is 12.9. The molecule has 1 heterocycles. The molecule has 0 aliphatic heterocycles. The highest BCUT2D eigenvalue weighted by atomic mass is 35.5. The third kappa shape index (κ3) is 3.66. The smallest absolute Gasteiger partial charge is 0.191 e. The average Bonchev–Trinajstić information content (AvgIpc) is 2.94. The lowest BCUT2D eigenvalue weighted by Crippen LogP contribution is -2.04. The van der Waals surface area contributed by atoms with Gasteiger partial charge in [-0.15, -0.1) is 10.2 Å². The quantitative estimate of drug-likeness (QED) is 0.503. The van der Waals surface area contributed by atoms with Crippen LogP contribution in [0.25, 0.3) is 11.4 Å². The predicted octanol–water partition coefficient (Wildman–Crippen LogP) is 4.25. The molecule has 7 heteroatoms. The van der Waals surface area contributed by atoms with Gasteiger partial charge in [-0.2, -0.15) is 0 Å². The lowest BCUT2D eigenvalue weighted by molar-refractivity contribution is 0.102. The van der Waals surface area contributed by atoms with Crippen LogP contribution in [0.2, 0.25) is 5.02 Å². The Morgan fingerprint density at radius 1 is 1.21 bits per heavy atom. The summed E-state index contributed by atoms with van der Waals surface area (Å²) >= 11 is 7.29. The highest BCUT2D eigenvalue weighted by Crippen LogP contribution is 2.25. The summed E-state index contributed by atoms with van der Waals surface area (Å²) < 4.78 is 14.7. The van der Waals surface area contributed by atoms with Gasteiger partial charge in [-0.05, 0) is 36.4 Å². The molecule has 1 aromatic heterocycles. The van der Waals surface area contributed by atoms with Crippen molar-refractivity contribution in [3.8, 4) is 11.4 Å². The normalized spacial score (nSPS) is 10.8. The minimum Gasteiger partial charge on any atom is -0.305 e. The van der Waals surface area contributed by atoms with E-state index in [9.17, 15) is 9.18 Å². The Morgan fingerprint density at radius 2 is 1.96 bits per heavy atom. The minimum absolute atomic E-state index is 0.0905. The van der Waals surface area contributed by atoms with Crippen LogP contribution in [0.1, 0.15) is 10.4 Å². The van der Waals surface area contributed by atoms with E-state index in [1.807, 2.05) is 29.8 Å². The van der Waals surface area contributed by atoms with Crippen molar-refractivity contribution < 1.29 is 9.18 Å². The third-order valence-electron chi connectivity index (χ3n) is 3.42. The Morgan fingerprint density at radius 3 is 2.67 bits per heavy atom. The van der Waals surface area contributed by atoms with E-state index in [1.54, 1.807) is 6.07 Å². The van der Waals surface area contributed by atoms with E-state index < -0.39 is 0 Å². The number of Topliss-reactive ketones (excluding diaryl/α,β-unsaturated/α-hetero) is 1. The summed E-state index contributed by atoms with van der Waals surface area (Å²) in [6.45, 7) is 0. The number of ketones is 1. The molecule has 0 saturated heterocycles. The van der Waals surface area contributed by atoms with Crippen molar-refractivity contribution in [2.45, 2.75) is 5.16 Å². The molecule has 3 rings (SSSR count). The van der Waals surface area contributed by atoms with Gasteiger partial charge in [0, 0.05) is 23.2 Å². The lowest BCUT2D eigenvalue weighted by Gasteiger charge is -2.04. The van der Waals surface area contributed by atoms with Gasteiger partial charge >= 0.3 is 0 Å². The first-order chi connectivity index (χ1) is 11.5. The number of hydrogen-bond donors (Lipinski definition) is 0. The van der Waals surface area contributed by atoms with E-state index >= 15 is 0 Å². The molecule has 0 saturated carbocycles. The van der Waals surface area contributed by atoms with E-state index in [-0.39, 0.29) is 17.4 Å². The molecule has 0 bridgehead atoms. The van der Waals surface area contributed by atoms with Crippen LogP contribution in [0.15, 0.2) is 53.7 Å². The zero-order valence-electron chi connectivity index (χ0n) is 12.7. The highest BCUT2D eigenvalue weighted by Gasteiger charge is 2.14.